The van der Waals surface area contributed by atoms with Gasteiger partial charge >= 0.3 is 0 Å². The highest BCUT2D eigenvalue weighted by atomic mass is 16.2. The van der Waals surface area contributed by atoms with Crippen LogP contribution in [0.5, 0.6) is 0 Å². The minimum Gasteiger partial charge on any atom is -0.396 e. The Morgan fingerprint density at radius 3 is 2.94 bits per heavy atom. The summed E-state index contributed by atoms with van der Waals surface area (Å²) in [6.45, 7) is 3.13. The van der Waals surface area contributed by atoms with Gasteiger partial charge in [0.25, 0.3) is 5.78 Å². The average Bonchev–Trinajstić information content (AvgIpc) is 2.81. The van der Waals surface area contributed by atoms with Crippen LogP contribution in [0.3, 0.4) is 0 Å². The maximum absolute atomic E-state index is 8.68. The van der Waals surface area contributed by atoms with Crippen LogP contribution in [-0.2, 0) is 0 Å². The topological polar surface area (TPSA) is 75.3 Å². The number of fused-ring (bicyclic) bond motifs is 1. The first-order valence-electron chi connectivity index (χ1n) is 6.33. The standard InChI is InChI=1S/C12H19N5O/c1-10-8-11(13-6-4-2-3-5-7-18)17-12(16-10)14-9-15-17/h8-9,13,18H,2-7H2,1H3. The van der Waals surface area contributed by atoms with Crippen LogP contribution < -0.4 is 5.32 Å². The summed E-state index contributed by atoms with van der Waals surface area (Å²) in [5.74, 6) is 1.55. The Hall–Kier alpha value is -1.69. The molecule has 0 aromatic carbocycles. The summed E-state index contributed by atoms with van der Waals surface area (Å²) in [6, 6.07) is 1.97. The van der Waals surface area contributed by atoms with Crippen molar-refractivity contribution in [3.63, 3.8) is 0 Å². The summed E-state index contributed by atoms with van der Waals surface area (Å²) in [5.41, 5.74) is 0.929. The Balaban J connectivity index is 1.89. The summed E-state index contributed by atoms with van der Waals surface area (Å²) < 4.78 is 1.71. The van der Waals surface area contributed by atoms with Gasteiger partial charge in [-0.3, -0.25) is 0 Å². The van der Waals surface area contributed by atoms with Crippen LogP contribution in [0.15, 0.2) is 12.4 Å². The van der Waals surface area contributed by atoms with Gasteiger partial charge in [-0.25, -0.2) is 4.98 Å². The van der Waals surface area contributed by atoms with E-state index in [1.54, 1.807) is 4.52 Å². The van der Waals surface area contributed by atoms with Crippen LogP contribution in [0.4, 0.5) is 5.82 Å². The number of unbranched alkanes of at least 4 members (excludes halogenated alkanes) is 3. The van der Waals surface area contributed by atoms with Crippen molar-refractivity contribution in [1.82, 2.24) is 19.6 Å². The third-order valence-electron chi connectivity index (χ3n) is 2.77. The molecule has 0 atom stereocenters. The quantitative estimate of drug-likeness (QED) is 0.725. The lowest BCUT2D eigenvalue weighted by molar-refractivity contribution is 0.283. The van der Waals surface area contributed by atoms with E-state index < -0.39 is 0 Å². The van der Waals surface area contributed by atoms with Crippen LogP contribution in [0.1, 0.15) is 31.4 Å². The molecule has 2 rings (SSSR count). The van der Waals surface area contributed by atoms with E-state index in [2.05, 4.69) is 20.4 Å². The van der Waals surface area contributed by atoms with Gasteiger partial charge in [-0.05, 0) is 19.8 Å². The van der Waals surface area contributed by atoms with E-state index in [0.29, 0.717) is 5.78 Å². The first-order chi connectivity index (χ1) is 8.81. The molecule has 0 unspecified atom stereocenters. The van der Waals surface area contributed by atoms with Crippen molar-refractivity contribution < 1.29 is 5.11 Å². The number of nitrogens with zero attached hydrogens (tertiary/aromatic N) is 4. The van der Waals surface area contributed by atoms with Crippen LogP contribution >= 0.6 is 0 Å². The summed E-state index contributed by atoms with van der Waals surface area (Å²) in [4.78, 5) is 8.37. The van der Waals surface area contributed by atoms with Crippen LogP contribution in [0, 0.1) is 6.92 Å². The number of aromatic nitrogens is 4. The molecule has 0 radical (unpaired) electrons. The van der Waals surface area contributed by atoms with Crippen molar-refractivity contribution in [3.05, 3.63) is 18.1 Å². The molecule has 0 amide bonds. The fourth-order valence-corrected chi connectivity index (χ4v) is 1.86. The van der Waals surface area contributed by atoms with Gasteiger partial charge in [-0.15, -0.1) is 0 Å². The molecule has 0 aliphatic heterocycles. The normalized spacial score (nSPS) is 11.0. The predicted molar refractivity (Wildman–Crippen MR) is 69.6 cm³/mol. The first-order valence-corrected chi connectivity index (χ1v) is 6.33. The van der Waals surface area contributed by atoms with Crippen LogP contribution in [0.2, 0.25) is 0 Å². The van der Waals surface area contributed by atoms with Gasteiger partial charge in [-0.2, -0.15) is 14.6 Å². The molecular weight excluding hydrogens is 230 g/mol. The molecule has 0 fully saturated rings. The molecule has 0 aliphatic rings. The Morgan fingerprint density at radius 1 is 1.28 bits per heavy atom. The monoisotopic (exact) mass is 249 g/mol. The second-order valence-electron chi connectivity index (χ2n) is 4.32. The van der Waals surface area contributed by atoms with Crippen molar-refractivity contribution in [2.45, 2.75) is 32.6 Å². The Labute approximate surface area is 106 Å². The molecule has 2 heterocycles. The number of anilines is 1. The number of aryl methyl sites for hydroxylation is 1. The molecule has 0 aliphatic carbocycles. The SMILES string of the molecule is Cc1cc(NCCCCCCO)n2ncnc2n1. The molecule has 0 spiro atoms. The molecular formula is C12H19N5O. The lowest BCUT2D eigenvalue weighted by atomic mass is 10.2. The fraction of sp³-hybridized carbons (Fsp3) is 0.583. The maximum atomic E-state index is 8.68. The number of aliphatic hydroxyl groups is 1. The number of hydrogen-bond acceptors (Lipinski definition) is 5. The van der Waals surface area contributed by atoms with Crippen molar-refractivity contribution in [3.8, 4) is 0 Å². The number of nitrogens with one attached hydrogen (secondary N) is 1. The molecule has 6 nitrogen and oxygen atoms in total. The van der Waals surface area contributed by atoms with Gasteiger partial charge in [0.1, 0.15) is 12.1 Å². The predicted octanol–water partition coefficient (Wildman–Crippen LogP) is 1.40. The molecule has 2 aromatic rings. The molecule has 98 valence electrons. The average molecular weight is 249 g/mol. The van der Waals surface area contributed by atoms with Gasteiger partial charge in [0.2, 0.25) is 0 Å². The number of aliphatic hydroxyl groups excluding tert-OH is 1. The van der Waals surface area contributed by atoms with Crippen molar-refractivity contribution in [2.75, 3.05) is 18.5 Å². The number of hydrogen-bond donors (Lipinski definition) is 2. The summed E-state index contributed by atoms with van der Waals surface area (Å²) in [7, 11) is 0. The molecule has 2 aromatic heterocycles. The van der Waals surface area contributed by atoms with Gasteiger partial charge < -0.3 is 10.4 Å². The van der Waals surface area contributed by atoms with Crippen molar-refractivity contribution in [2.24, 2.45) is 0 Å². The minimum atomic E-state index is 0.288. The minimum absolute atomic E-state index is 0.288. The third kappa shape index (κ3) is 3.16. The van der Waals surface area contributed by atoms with Gasteiger partial charge in [0.15, 0.2) is 0 Å². The largest absolute Gasteiger partial charge is 0.396 e. The van der Waals surface area contributed by atoms with Crippen LogP contribution in [-0.4, -0.2) is 37.8 Å². The summed E-state index contributed by atoms with van der Waals surface area (Å²) in [6.07, 6.45) is 5.68. The molecule has 6 heteroatoms. The van der Waals surface area contributed by atoms with Gasteiger partial charge in [0, 0.05) is 24.9 Å². The van der Waals surface area contributed by atoms with E-state index in [1.165, 1.54) is 6.33 Å². The molecule has 2 N–H and O–H groups in total. The van der Waals surface area contributed by atoms with E-state index in [-0.39, 0.29) is 6.61 Å². The van der Waals surface area contributed by atoms with Crippen molar-refractivity contribution in [1.29, 1.82) is 0 Å². The van der Waals surface area contributed by atoms with Gasteiger partial charge in [-0.1, -0.05) is 12.8 Å². The third-order valence-corrected chi connectivity index (χ3v) is 2.77. The molecule has 0 saturated carbocycles. The second-order valence-corrected chi connectivity index (χ2v) is 4.32. The molecule has 0 saturated heterocycles. The maximum Gasteiger partial charge on any atom is 0.254 e. The molecule has 0 bridgehead atoms. The van der Waals surface area contributed by atoms with E-state index >= 15 is 0 Å². The fourth-order valence-electron chi connectivity index (χ4n) is 1.86. The lowest BCUT2D eigenvalue weighted by Gasteiger charge is -2.08. The van der Waals surface area contributed by atoms with E-state index in [4.69, 9.17) is 5.11 Å². The van der Waals surface area contributed by atoms with Crippen molar-refractivity contribution >= 4 is 11.6 Å². The Kier molecular flexibility index (Phi) is 4.46. The zero-order valence-corrected chi connectivity index (χ0v) is 10.6. The smallest absolute Gasteiger partial charge is 0.254 e. The highest BCUT2D eigenvalue weighted by Crippen LogP contribution is 2.10. The van der Waals surface area contributed by atoms with E-state index in [1.807, 2.05) is 13.0 Å². The molecule has 18 heavy (non-hydrogen) atoms. The highest BCUT2D eigenvalue weighted by molar-refractivity contribution is 5.44. The Bertz CT molecular complexity index is 496. The highest BCUT2D eigenvalue weighted by Gasteiger charge is 2.04. The Morgan fingerprint density at radius 2 is 2.11 bits per heavy atom. The lowest BCUT2D eigenvalue weighted by Crippen LogP contribution is -2.08. The summed E-state index contributed by atoms with van der Waals surface area (Å²) >= 11 is 0. The summed E-state index contributed by atoms with van der Waals surface area (Å²) in [5, 5.41) is 16.2. The second kappa shape index (κ2) is 6.30. The van der Waals surface area contributed by atoms with Gasteiger partial charge in [0.05, 0.1) is 0 Å². The van der Waals surface area contributed by atoms with Crippen LogP contribution in [0.25, 0.3) is 5.78 Å². The first kappa shape index (κ1) is 12.8. The van der Waals surface area contributed by atoms with E-state index in [9.17, 15) is 0 Å². The van der Waals surface area contributed by atoms with E-state index in [0.717, 1.165) is 43.7 Å². The number of rotatable bonds is 7. The zero-order valence-electron chi connectivity index (χ0n) is 10.6. The zero-order chi connectivity index (χ0) is 12.8.